The molecule has 0 aliphatic rings. The number of hydrogen-bond acceptors (Lipinski definition) is 3. The molecule has 1 amide bonds. The number of carbonyl (C=O) groups is 1. The largest absolute Gasteiger partial charge is 0.310 e. The molecule has 0 aliphatic heterocycles. The predicted octanol–water partition coefficient (Wildman–Crippen LogP) is 4.50. The second kappa shape index (κ2) is 7.09. The molecule has 0 radical (unpaired) electrons. The van der Waals surface area contributed by atoms with E-state index in [1.807, 2.05) is 32.9 Å². The van der Waals surface area contributed by atoms with Crippen molar-refractivity contribution in [1.29, 1.82) is 0 Å². The van der Waals surface area contributed by atoms with Gasteiger partial charge in [0, 0.05) is 15.6 Å². The molecule has 0 aliphatic carbocycles. The van der Waals surface area contributed by atoms with Crippen molar-refractivity contribution < 1.29 is 4.79 Å². The van der Waals surface area contributed by atoms with Crippen LogP contribution in [0.5, 0.6) is 0 Å². The third-order valence-corrected chi connectivity index (χ3v) is 5.09. The van der Waals surface area contributed by atoms with Gasteiger partial charge < -0.3 is 5.32 Å². The molecule has 1 aromatic heterocycles. The van der Waals surface area contributed by atoms with E-state index in [4.69, 9.17) is 0 Å². The molecule has 1 aromatic carbocycles. The van der Waals surface area contributed by atoms with Crippen molar-refractivity contribution in [3.63, 3.8) is 0 Å². The fourth-order valence-electron chi connectivity index (χ4n) is 1.84. The van der Waals surface area contributed by atoms with E-state index in [0.29, 0.717) is 11.6 Å². The second-order valence-corrected chi connectivity index (χ2v) is 6.74. The number of anilines is 1. The van der Waals surface area contributed by atoms with Crippen molar-refractivity contribution in [2.75, 3.05) is 11.1 Å². The molecule has 1 heterocycles. The Morgan fingerprint density at radius 2 is 2.00 bits per heavy atom. The average molecular weight is 365 g/mol. The van der Waals surface area contributed by atoms with Gasteiger partial charge in [-0.3, -0.25) is 4.79 Å². The fraction of sp³-hybridized carbons (Fsp3) is 0.250. The first-order valence-corrected chi connectivity index (χ1v) is 8.36. The Bertz CT molecular complexity index is 673. The highest BCUT2D eigenvalue weighted by Crippen LogP contribution is 2.28. The van der Waals surface area contributed by atoms with Crippen LogP contribution in [0.2, 0.25) is 0 Å². The van der Waals surface area contributed by atoms with Crippen LogP contribution in [0.3, 0.4) is 0 Å². The number of hydrogen-bond donors (Lipinski definition) is 1. The zero-order valence-corrected chi connectivity index (χ0v) is 14.6. The van der Waals surface area contributed by atoms with Crippen LogP contribution in [0.4, 0.5) is 5.82 Å². The van der Waals surface area contributed by atoms with Gasteiger partial charge in [-0.05, 0) is 55.7 Å². The van der Waals surface area contributed by atoms with Gasteiger partial charge in [0.2, 0.25) is 5.91 Å². The molecule has 0 atom stereocenters. The number of nitrogens with zero attached hydrogens (tertiary/aromatic N) is 1. The number of rotatable bonds is 4. The molecule has 0 bridgehead atoms. The molecule has 110 valence electrons. The van der Waals surface area contributed by atoms with E-state index in [-0.39, 0.29) is 5.91 Å². The van der Waals surface area contributed by atoms with Crippen LogP contribution in [0.25, 0.3) is 0 Å². The number of thioether (sulfide) groups is 1. The van der Waals surface area contributed by atoms with Gasteiger partial charge >= 0.3 is 0 Å². The third kappa shape index (κ3) is 4.32. The number of benzene rings is 1. The number of nitrogens with one attached hydrogen (secondary N) is 1. The van der Waals surface area contributed by atoms with Gasteiger partial charge in [-0.15, -0.1) is 11.8 Å². The quantitative estimate of drug-likeness (QED) is 0.812. The summed E-state index contributed by atoms with van der Waals surface area (Å²) in [6, 6.07) is 7.97. The molecular formula is C16H17BrN2OS. The number of carbonyl (C=O) groups excluding carboxylic acids is 1. The summed E-state index contributed by atoms with van der Waals surface area (Å²) in [5.74, 6) is 0.964. The summed E-state index contributed by atoms with van der Waals surface area (Å²) in [4.78, 5) is 17.3. The molecule has 0 fully saturated rings. The first-order valence-electron chi connectivity index (χ1n) is 6.58. The normalized spacial score (nSPS) is 10.5. The topological polar surface area (TPSA) is 42.0 Å². The molecule has 0 saturated carbocycles. The average Bonchev–Trinajstić information content (AvgIpc) is 2.44. The van der Waals surface area contributed by atoms with Crippen LogP contribution in [0.15, 0.2) is 39.8 Å². The standard InChI is InChI=1S/C16H17BrN2OS/c1-10-5-4-6-18-16(10)19-15(20)9-21-14-8-11(2)13(17)7-12(14)3/h4-8H,9H2,1-3H3,(H,18,19,20). The summed E-state index contributed by atoms with van der Waals surface area (Å²) < 4.78 is 1.10. The molecule has 0 saturated heterocycles. The highest BCUT2D eigenvalue weighted by Gasteiger charge is 2.09. The zero-order chi connectivity index (χ0) is 15.4. The van der Waals surface area contributed by atoms with E-state index in [0.717, 1.165) is 14.9 Å². The first kappa shape index (κ1) is 16.0. The Morgan fingerprint density at radius 3 is 2.71 bits per heavy atom. The fourth-order valence-corrected chi connectivity index (χ4v) is 3.20. The van der Waals surface area contributed by atoms with Gasteiger partial charge in [0.1, 0.15) is 5.82 Å². The van der Waals surface area contributed by atoms with Crippen LogP contribution in [0, 0.1) is 20.8 Å². The summed E-state index contributed by atoms with van der Waals surface area (Å²) in [5.41, 5.74) is 3.30. The van der Waals surface area contributed by atoms with Gasteiger partial charge in [-0.25, -0.2) is 4.98 Å². The van der Waals surface area contributed by atoms with Gasteiger partial charge in [0.05, 0.1) is 5.75 Å². The Morgan fingerprint density at radius 1 is 1.24 bits per heavy atom. The lowest BCUT2D eigenvalue weighted by molar-refractivity contribution is -0.113. The zero-order valence-electron chi connectivity index (χ0n) is 12.2. The third-order valence-electron chi connectivity index (χ3n) is 3.08. The highest BCUT2D eigenvalue weighted by molar-refractivity contribution is 9.10. The monoisotopic (exact) mass is 364 g/mol. The Hall–Kier alpha value is -1.33. The van der Waals surface area contributed by atoms with Crippen molar-refractivity contribution in [3.05, 3.63) is 51.6 Å². The van der Waals surface area contributed by atoms with E-state index < -0.39 is 0 Å². The number of halogens is 1. The van der Waals surface area contributed by atoms with Crippen LogP contribution in [0.1, 0.15) is 16.7 Å². The minimum Gasteiger partial charge on any atom is -0.310 e. The summed E-state index contributed by atoms with van der Waals surface area (Å²) >= 11 is 5.06. The summed E-state index contributed by atoms with van der Waals surface area (Å²) in [6.07, 6.45) is 1.68. The molecule has 5 heteroatoms. The maximum atomic E-state index is 12.0. The smallest absolute Gasteiger partial charge is 0.235 e. The van der Waals surface area contributed by atoms with Crippen molar-refractivity contribution in [1.82, 2.24) is 4.98 Å². The number of aromatic nitrogens is 1. The van der Waals surface area contributed by atoms with Gasteiger partial charge in [0.25, 0.3) is 0 Å². The van der Waals surface area contributed by atoms with E-state index in [9.17, 15) is 4.79 Å². The van der Waals surface area contributed by atoms with Crippen molar-refractivity contribution >= 4 is 39.4 Å². The molecular weight excluding hydrogens is 348 g/mol. The molecule has 0 unspecified atom stereocenters. The van der Waals surface area contributed by atoms with E-state index in [2.05, 4.69) is 38.4 Å². The van der Waals surface area contributed by atoms with Crippen LogP contribution >= 0.6 is 27.7 Å². The summed E-state index contributed by atoms with van der Waals surface area (Å²) in [7, 11) is 0. The Labute approximate surface area is 137 Å². The van der Waals surface area contributed by atoms with Gasteiger partial charge in [0.15, 0.2) is 0 Å². The highest BCUT2D eigenvalue weighted by atomic mass is 79.9. The van der Waals surface area contributed by atoms with Crippen LogP contribution in [-0.4, -0.2) is 16.6 Å². The lowest BCUT2D eigenvalue weighted by Crippen LogP contribution is -2.15. The van der Waals surface area contributed by atoms with Crippen molar-refractivity contribution in [2.24, 2.45) is 0 Å². The minimum absolute atomic E-state index is 0.0400. The maximum absolute atomic E-state index is 12.0. The lowest BCUT2D eigenvalue weighted by Gasteiger charge is -2.09. The van der Waals surface area contributed by atoms with Crippen molar-refractivity contribution in [2.45, 2.75) is 25.7 Å². The van der Waals surface area contributed by atoms with E-state index >= 15 is 0 Å². The van der Waals surface area contributed by atoms with E-state index in [1.54, 1.807) is 18.0 Å². The Balaban J connectivity index is 1.99. The Kier molecular flexibility index (Phi) is 5.42. The SMILES string of the molecule is Cc1cc(SCC(=O)Nc2ncccc2C)c(C)cc1Br. The maximum Gasteiger partial charge on any atom is 0.235 e. The first-order chi connectivity index (χ1) is 9.97. The lowest BCUT2D eigenvalue weighted by atomic mass is 10.2. The van der Waals surface area contributed by atoms with E-state index in [1.165, 1.54) is 11.1 Å². The number of aryl methyl sites for hydroxylation is 3. The molecule has 2 rings (SSSR count). The van der Waals surface area contributed by atoms with Gasteiger partial charge in [-0.2, -0.15) is 0 Å². The second-order valence-electron chi connectivity index (χ2n) is 4.87. The summed E-state index contributed by atoms with van der Waals surface area (Å²) in [5, 5.41) is 2.85. The molecule has 2 aromatic rings. The summed E-state index contributed by atoms with van der Waals surface area (Å²) in [6.45, 7) is 6.02. The molecule has 1 N–H and O–H groups in total. The minimum atomic E-state index is -0.0400. The van der Waals surface area contributed by atoms with Crippen LogP contribution in [-0.2, 0) is 4.79 Å². The number of amides is 1. The number of pyridine rings is 1. The molecule has 0 spiro atoms. The van der Waals surface area contributed by atoms with Crippen LogP contribution < -0.4 is 5.32 Å². The molecule has 3 nitrogen and oxygen atoms in total. The van der Waals surface area contributed by atoms with Crippen molar-refractivity contribution in [3.8, 4) is 0 Å². The molecule has 21 heavy (non-hydrogen) atoms. The predicted molar refractivity (Wildman–Crippen MR) is 91.9 cm³/mol. The van der Waals surface area contributed by atoms with Gasteiger partial charge in [-0.1, -0.05) is 22.0 Å².